The Bertz CT molecular complexity index is 720. The molecule has 2 heterocycles. The van der Waals surface area contributed by atoms with Crippen LogP contribution in [-0.2, 0) is 0 Å². The van der Waals surface area contributed by atoms with Crippen LogP contribution in [0.25, 0.3) is 10.2 Å². The minimum absolute atomic E-state index is 0.151. The number of hydrogen-bond donors (Lipinski definition) is 1. The molecule has 0 aliphatic heterocycles. The van der Waals surface area contributed by atoms with Crippen molar-refractivity contribution in [3.8, 4) is 0 Å². The average Bonchev–Trinajstić information content (AvgIpc) is 2.96. The molecule has 90 valence electrons. The van der Waals surface area contributed by atoms with Gasteiger partial charge in [0.2, 0.25) is 0 Å². The zero-order valence-electron chi connectivity index (χ0n) is 9.01. The van der Waals surface area contributed by atoms with Crippen molar-refractivity contribution in [1.29, 1.82) is 0 Å². The Morgan fingerprint density at radius 3 is 2.94 bits per heavy atom. The van der Waals surface area contributed by atoms with E-state index in [1.807, 2.05) is 18.2 Å². The lowest BCUT2D eigenvalue weighted by molar-refractivity contribution is 0.103. The third-order valence-electron chi connectivity index (χ3n) is 2.39. The zero-order valence-corrected chi connectivity index (χ0v) is 11.4. The van der Waals surface area contributed by atoms with E-state index in [4.69, 9.17) is 11.6 Å². The number of fused-ring (bicyclic) bond motifs is 1. The Balaban J connectivity index is 1.85. The quantitative estimate of drug-likeness (QED) is 0.767. The molecule has 18 heavy (non-hydrogen) atoms. The number of thiazole rings is 1. The highest BCUT2D eigenvalue weighted by atomic mass is 35.5. The number of halogens is 1. The van der Waals surface area contributed by atoms with Gasteiger partial charge in [-0.05, 0) is 30.3 Å². The zero-order chi connectivity index (χ0) is 12.5. The van der Waals surface area contributed by atoms with Crippen LogP contribution in [0.3, 0.4) is 0 Å². The molecule has 2 aromatic heterocycles. The van der Waals surface area contributed by atoms with Gasteiger partial charge in [0.15, 0.2) is 0 Å². The average molecular weight is 295 g/mol. The first-order valence-corrected chi connectivity index (χ1v) is 7.20. The molecular formula is C12H7ClN2OS2. The van der Waals surface area contributed by atoms with Gasteiger partial charge in [-0.15, -0.1) is 22.7 Å². The van der Waals surface area contributed by atoms with E-state index in [2.05, 4.69) is 10.3 Å². The fraction of sp³-hybridized carbons (Fsp3) is 0. The predicted molar refractivity (Wildman–Crippen MR) is 76.9 cm³/mol. The number of nitrogens with zero attached hydrogens (tertiary/aromatic N) is 1. The molecule has 3 aromatic rings. The van der Waals surface area contributed by atoms with E-state index < -0.39 is 0 Å². The van der Waals surface area contributed by atoms with E-state index in [-0.39, 0.29) is 5.91 Å². The van der Waals surface area contributed by atoms with E-state index in [0.29, 0.717) is 9.21 Å². The topological polar surface area (TPSA) is 42.0 Å². The number of carbonyl (C=O) groups excluding carboxylic acids is 1. The normalized spacial score (nSPS) is 10.7. The third kappa shape index (κ3) is 2.25. The van der Waals surface area contributed by atoms with Crippen LogP contribution in [0.4, 0.5) is 5.69 Å². The Morgan fingerprint density at radius 1 is 1.28 bits per heavy atom. The second-order valence-corrected chi connectivity index (χ2v) is 6.19. The second-order valence-electron chi connectivity index (χ2n) is 3.59. The SMILES string of the molecule is O=C(Nc1ccc2scnc2c1)c1ccc(Cl)s1. The summed E-state index contributed by atoms with van der Waals surface area (Å²) in [5, 5.41) is 2.83. The summed E-state index contributed by atoms with van der Waals surface area (Å²) in [6.45, 7) is 0. The number of hydrogen-bond acceptors (Lipinski definition) is 4. The minimum Gasteiger partial charge on any atom is -0.321 e. The summed E-state index contributed by atoms with van der Waals surface area (Å²) in [6, 6.07) is 9.10. The first-order chi connectivity index (χ1) is 8.72. The van der Waals surface area contributed by atoms with E-state index in [1.165, 1.54) is 11.3 Å². The molecule has 1 aromatic carbocycles. The van der Waals surface area contributed by atoms with Crippen molar-refractivity contribution in [2.45, 2.75) is 0 Å². The van der Waals surface area contributed by atoms with Crippen LogP contribution >= 0.6 is 34.3 Å². The number of aromatic nitrogens is 1. The number of nitrogens with one attached hydrogen (secondary N) is 1. The maximum Gasteiger partial charge on any atom is 0.265 e. The van der Waals surface area contributed by atoms with Crippen LogP contribution in [-0.4, -0.2) is 10.9 Å². The minimum atomic E-state index is -0.151. The van der Waals surface area contributed by atoms with Gasteiger partial charge in [0.05, 0.1) is 24.9 Å². The molecule has 3 rings (SSSR count). The molecule has 0 aliphatic rings. The van der Waals surface area contributed by atoms with Crippen molar-refractivity contribution in [1.82, 2.24) is 4.98 Å². The Labute approximate surface area is 116 Å². The van der Waals surface area contributed by atoms with Gasteiger partial charge in [-0.1, -0.05) is 11.6 Å². The van der Waals surface area contributed by atoms with Crippen molar-refractivity contribution in [2.75, 3.05) is 5.32 Å². The highest BCUT2D eigenvalue weighted by Gasteiger charge is 2.09. The molecule has 0 radical (unpaired) electrons. The Kier molecular flexibility index (Phi) is 3.03. The highest BCUT2D eigenvalue weighted by molar-refractivity contribution is 7.18. The van der Waals surface area contributed by atoms with Gasteiger partial charge < -0.3 is 5.32 Å². The number of carbonyl (C=O) groups is 1. The molecule has 1 N–H and O–H groups in total. The summed E-state index contributed by atoms with van der Waals surface area (Å²) < 4.78 is 1.71. The van der Waals surface area contributed by atoms with Crippen LogP contribution in [0, 0.1) is 0 Å². The van der Waals surface area contributed by atoms with Gasteiger partial charge >= 0.3 is 0 Å². The van der Waals surface area contributed by atoms with Crippen LogP contribution in [0.2, 0.25) is 4.34 Å². The summed E-state index contributed by atoms with van der Waals surface area (Å²) in [4.78, 5) is 16.7. The summed E-state index contributed by atoms with van der Waals surface area (Å²) in [7, 11) is 0. The maximum absolute atomic E-state index is 11.9. The van der Waals surface area contributed by atoms with Crippen molar-refractivity contribution >= 4 is 56.1 Å². The molecule has 0 fully saturated rings. The molecule has 3 nitrogen and oxygen atoms in total. The fourth-order valence-corrected chi connectivity index (χ4v) is 3.16. The van der Waals surface area contributed by atoms with Crippen LogP contribution in [0.1, 0.15) is 9.67 Å². The van der Waals surface area contributed by atoms with E-state index >= 15 is 0 Å². The number of rotatable bonds is 2. The Hall–Kier alpha value is -1.43. The van der Waals surface area contributed by atoms with Crippen molar-refractivity contribution in [3.05, 3.63) is 45.1 Å². The smallest absolute Gasteiger partial charge is 0.265 e. The molecule has 0 bridgehead atoms. The summed E-state index contributed by atoms with van der Waals surface area (Å²) >= 11 is 8.64. The summed E-state index contributed by atoms with van der Waals surface area (Å²) in [5.41, 5.74) is 3.42. The van der Waals surface area contributed by atoms with Gasteiger partial charge in [0.25, 0.3) is 5.91 Å². The molecule has 0 spiro atoms. The first kappa shape index (κ1) is 11.6. The lowest BCUT2D eigenvalue weighted by atomic mass is 10.3. The Morgan fingerprint density at radius 2 is 2.17 bits per heavy atom. The molecule has 1 amide bonds. The molecule has 0 unspecified atom stereocenters. The van der Waals surface area contributed by atoms with Gasteiger partial charge in [-0.2, -0.15) is 0 Å². The first-order valence-electron chi connectivity index (χ1n) is 5.12. The third-order valence-corrected chi connectivity index (χ3v) is 4.43. The summed E-state index contributed by atoms with van der Waals surface area (Å²) in [6.07, 6.45) is 0. The van der Waals surface area contributed by atoms with Gasteiger partial charge in [0, 0.05) is 5.69 Å². The van der Waals surface area contributed by atoms with E-state index in [1.54, 1.807) is 29.0 Å². The van der Waals surface area contributed by atoms with Crippen molar-refractivity contribution in [3.63, 3.8) is 0 Å². The van der Waals surface area contributed by atoms with Crippen LogP contribution < -0.4 is 5.32 Å². The maximum atomic E-state index is 11.9. The van der Waals surface area contributed by atoms with Gasteiger partial charge in [0.1, 0.15) is 0 Å². The largest absolute Gasteiger partial charge is 0.321 e. The van der Waals surface area contributed by atoms with Crippen LogP contribution in [0.5, 0.6) is 0 Å². The molecule has 0 atom stereocenters. The number of amides is 1. The molecule has 0 saturated carbocycles. The second kappa shape index (κ2) is 4.68. The van der Waals surface area contributed by atoms with Crippen molar-refractivity contribution in [2.24, 2.45) is 0 Å². The predicted octanol–water partition coefficient (Wildman–Crippen LogP) is 4.26. The standard InChI is InChI=1S/C12H7ClN2OS2/c13-11-4-3-10(18-11)12(16)15-7-1-2-9-8(5-7)14-6-17-9/h1-6H,(H,15,16). The number of benzene rings is 1. The molecule has 0 saturated heterocycles. The van der Waals surface area contributed by atoms with Gasteiger partial charge in [-0.3, -0.25) is 4.79 Å². The van der Waals surface area contributed by atoms with Gasteiger partial charge in [-0.25, -0.2) is 4.98 Å². The molecule has 0 aliphatic carbocycles. The van der Waals surface area contributed by atoms with Crippen molar-refractivity contribution < 1.29 is 4.79 Å². The number of thiophene rings is 1. The highest BCUT2D eigenvalue weighted by Crippen LogP contribution is 2.24. The fourth-order valence-electron chi connectivity index (χ4n) is 1.56. The van der Waals surface area contributed by atoms with Crippen LogP contribution in [0.15, 0.2) is 35.8 Å². The monoisotopic (exact) mass is 294 g/mol. The lowest BCUT2D eigenvalue weighted by Gasteiger charge is -2.02. The van der Waals surface area contributed by atoms with E-state index in [0.717, 1.165) is 15.9 Å². The van der Waals surface area contributed by atoms with E-state index in [9.17, 15) is 4.79 Å². The summed E-state index contributed by atoms with van der Waals surface area (Å²) in [5.74, 6) is -0.151. The number of anilines is 1. The lowest BCUT2D eigenvalue weighted by Crippen LogP contribution is -2.09. The molecular weight excluding hydrogens is 288 g/mol. The molecule has 6 heteroatoms.